The molecule has 1 aromatic rings. The number of nitrogens with one attached hydrogen (secondary N) is 2. The molecule has 1 aromatic carbocycles. The minimum Gasteiger partial charge on any atom is -0.354 e. The van der Waals surface area contributed by atoms with Crippen molar-refractivity contribution in [1.29, 1.82) is 0 Å². The van der Waals surface area contributed by atoms with Crippen LogP contribution in [-0.2, 0) is 10.2 Å². The fourth-order valence-corrected chi connectivity index (χ4v) is 2.41. The molecule has 1 amide bonds. The molecular formula is C16H22Cl2N2O. The summed E-state index contributed by atoms with van der Waals surface area (Å²) in [5.41, 5.74) is 0.864. The highest BCUT2D eigenvalue weighted by molar-refractivity contribution is 6.42. The standard InChI is InChI=1S/C16H22Cl2N2O/c1-16(2,12-5-6-13(17)14(18)7-12)10-20-15(21)9-19-8-11-3-4-11/h5-7,11,19H,3-4,8-10H2,1-2H3,(H,20,21). The highest BCUT2D eigenvalue weighted by Crippen LogP contribution is 2.29. The fraction of sp³-hybridized carbons (Fsp3) is 0.562. The Labute approximate surface area is 136 Å². The number of rotatable bonds is 7. The number of hydrogen-bond donors (Lipinski definition) is 2. The van der Waals surface area contributed by atoms with Gasteiger partial charge in [-0.25, -0.2) is 0 Å². The predicted octanol–water partition coefficient (Wildman–Crippen LogP) is 3.39. The van der Waals surface area contributed by atoms with E-state index in [1.54, 1.807) is 6.07 Å². The Morgan fingerprint density at radius 1 is 1.29 bits per heavy atom. The molecule has 5 heteroatoms. The van der Waals surface area contributed by atoms with Gasteiger partial charge in [-0.15, -0.1) is 0 Å². The van der Waals surface area contributed by atoms with Crippen molar-refractivity contribution < 1.29 is 4.79 Å². The van der Waals surface area contributed by atoms with Crippen molar-refractivity contribution in [3.8, 4) is 0 Å². The first-order chi connectivity index (χ1) is 9.88. The fourth-order valence-electron chi connectivity index (χ4n) is 2.11. The maximum absolute atomic E-state index is 11.8. The van der Waals surface area contributed by atoms with Crippen molar-refractivity contribution in [1.82, 2.24) is 10.6 Å². The van der Waals surface area contributed by atoms with Crippen LogP contribution >= 0.6 is 23.2 Å². The van der Waals surface area contributed by atoms with Crippen LogP contribution in [0.3, 0.4) is 0 Å². The Kier molecular flexibility index (Phi) is 5.53. The van der Waals surface area contributed by atoms with Gasteiger partial charge in [-0.2, -0.15) is 0 Å². The van der Waals surface area contributed by atoms with Gasteiger partial charge in [-0.05, 0) is 43.0 Å². The van der Waals surface area contributed by atoms with Crippen LogP contribution in [0.5, 0.6) is 0 Å². The SMILES string of the molecule is CC(C)(CNC(=O)CNCC1CC1)c1ccc(Cl)c(Cl)c1. The van der Waals surface area contributed by atoms with Crippen molar-refractivity contribution in [3.63, 3.8) is 0 Å². The Hall–Kier alpha value is -0.770. The zero-order valence-electron chi connectivity index (χ0n) is 12.5. The second kappa shape index (κ2) is 6.99. The van der Waals surface area contributed by atoms with Crippen molar-refractivity contribution in [2.45, 2.75) is 32.1 Å². The molecule has 0 saturated heterocycles. The first kappa shape index (κ1) is 16.6. The van der Waals surface area contributed by atoms with Gasteiger partial charge in [0, 0.05) is 12.0 Å². The third-order valence-electron chi connectivity index (χ3n) is 3.84. The lowest BCUT2D eigenvalue weighted by Gasteiger charge is -2.26. The molecule has 0 atom stereocenters. The monoisotopic (exact) mass is 328 g/mol. The van der Waals surface area contributed by atoms with E-state index >= 15 is 0 Å². The molecule has 1 aliphatic rings. The zero-order valence-corrected chi connectivity index (χ0v) is 14.0. The van der Waals surface area contributed by atoms with E-state index in [0.717, 1.165) is 18.0 Å². The van der Waals surface area contributed by atoms with Crippen LogP contribution in [0.15, 0.2) is 18.2 Å². The molecule has 1 fully saturated rings. The van der Waals surface area contributed by atoms with Crippen molar-refractivity contribution in [3.05, 3.63) is 33.8 Å². The molecule has 3 nitrogen and oxygen atoms in total. The smallest absolute Gasteiger partial charge is 0.233 e. The lowest BCUT2D eigenvalue weighted by atomic mass is 9.84. The van der Waals surface area contributed by atoms with Gasteiger partial charge in [0.2, 0.25) is 5.91 Å². The Morgan fingerprint density at radius 3 is 2.62 bits per heavy atom. The summed E-state index contributed by atoms with van der Waals surface area (Å²) in [6.07, 6.45) is 2.58. The van der Waals surface area contributed by atoms with Gasteiger partial charge in [0.05, 0.1) is 16.6 Å². The second-order valence-corrected chi connectivity index (χ2v) is 7.18. The minimum atomic E-state index is -0.194. The van der Waals surface area contributed by atoms with Crippen molar-refractivity contribution in [2.24, 2.45) is 5.92 Å². The van der Waals surface area contributed by atoms with E-state index in [2.05, 4.69) is 24.5 Å². The van der Waals surface area contributed by atoms with E-state index in [9.17, 15) is 4.79 Å². The number of benzene rings is 1. The van der Waals surface area contributed by atoms with Gasteiger partial charge in [0.15, 0.2) is 0 Å². The molecular weight excluding hydrogens is 307 g/mol. The molecule has 1 aliphatic carbocycles. The van der Waals surface area contributed by atoms with Crippen LogP contribution in [0.4, 0.5) is 0 Å². The highest BCUT2D eigenvalue weighted by atomic mass is 35.5. The summed E-state index contributed by atoms with van der Waals surface area (Å²) in [6, 6.07) is 5.60. The minimum absolute atomic E-state index is 0.0313. The molecule has 2 N–H and O–H groups in total. The van der Waals surface area contributed by atoms with Gasteiger partial charge in [-0.3, -0.25) is 4.79 Å². The summed E-state index contributed by atoms with van der Waals surface area (Å²) in [5, 5.41) is 7.25. The summed E-state index contributed by atoms with van der Waals surface area (Å²) in [7, 11) is 0. The number of carbonyl (C=O) groups is 1. The maximum Gasteiger partial charge on any atom is 0.233 e. The van der Waals surface area contributed by atoms with Gasteiger partial charge < -0.3 is 10.6 Å². The van der Waals surface area contributed by atoms with Crippen LogP contribution in [-0.4, -0.2) is 25.5 Å². The van der Waals surface area contributed by atoms with Gasteiger partial charge >= 0.3 is 0 Å². The van der Waals surface area contributed by atoms with Gasteiger partial charge in [-0.1, -0.05) is 43.1 Å². The lowest BCUT2D eigenvalue weighted by Crippen LogP contribution is -2.41. The molecule has 116 valence electrons. The van der Waals surface area contributed by atoms with E-state index in [1.807, 2.05) is 12.1 Å². The van der Waals surface area contributed by atoms with E-state index in [4.69, 9.17) is 23.2 Å². The summed E-state index contributed by atoms with van der Waals surface area (Å²) in [6.45, 7) is 6.04. The summed E-state index contributed by atoms with van der Waals surface area (Å²) < 4.78 is 0. The largest absolute Gasteiger partial charge is 0.354 e. The molecule has 1 saturated carbocycles. The van der Waals surface area contributed by atoms with Crippen LogP contribution < -0.4 is 10.6 Å². The summed E-state index contributed by atoms with van der Waals surface area (Å²) >= 11 is 12.0. The first-order valence-corrected chi connectivity index (χ1v) is 8.07. The van der Waals surface area contributed by atoms with Crippen LogP contribution in [0.25, 0.3) is 0 Å². The molecule has 0 heterocycles. The molecule has 0 aliphatic heterocycles. The van der Waals surface area contributed by atoms with E-state index < -0.39 is 0 Å². The molecule has 0 spiro atoms. The summed E-state index contributed by atoms with van der Waals surface area (Å²) in [4.78, 5) is 11.8. The van der Waals surface area contributed by atoms with Crippen LogP contribution in [0.1, 0.15) is 32.3 Å². The Bertz CT molecular complexity index is 513. The highest BCUT2D eigenvalue weighted by Gasteiger charge is 2.23. The summed E-state index contributed by atoms with van der Waals surface area (Å²) in [5.74, 6) is 0.814. The number of carbonyl (C=O) groups excluding carboxylic acids is 1. The van der Waals surface area contributed by atoms with E-state index in [1.165, 1.54) is 12.8 Å². The molecule has 0 aromatic heterocycles. The first-order valence-electron chi connectivity index (χ1n) is 7.31. The zero-order chi connectivity index (χ0) is 15.5. The topological polar surface area (TPSA) is 41.1 Å². The second-order valence-electron chi connectivity index (χ2n) is 6.36. The van der Waals surface area contributed by atoms with Crippen molar-refractivity contribution in [2.75, 3.05) is 19.6 Å². The average Bonchev–Trinajstić information content (AvgIpc) is 3.24. The third-order valence-corrected chi connectivity index (χ3v) is 4.58. The maximum atomic E-state index is 11.8. The predicted molar refractivity (Wildman–Crippen MR) is 88.1 cm³/mol. The molecule has 0 bridgehead atoms. The van der Waals surface area contributed by atoms with E-state index in [0.29, 0.717) is 23.1 Å². The quantitative estimate of drug-likeness (QED) is 0.805. The average molecular weight is 329 g/mol. The normalized spacial score (nSPS) is 15.0. The number of amides is 1. The Balaban J connectivity index is 1.81. The lowest BCUT2D eigenvalue weighted by molar-refractivity contribution is -0.120. The van der Waals surface area contributed by atoms with Crippen LogP contribution in [0.2, 0.25) is 10.0 Å². The van der Waals surface area contributed by atoms with E-state index in [-0.39, 0.29) is 11.3 Å². The van der Waals surface area contributed by atoms with Crippen LogP contribution in [0, 0.1) is 5.92 Å². The number of halogens is 2. The third kappa shape index (κ3) is 5.17. The molecule has 0 unspecified atom stereocenters. The molecule has 2 rings (SSSR count). The van der Waals surface area contributed by atoms with Gasteiger partial charge in [0.25, 0.3) is 0 Å². The molecule has 0 radical (unpaired) electrons. The van der Waals surface area contributed by atoms with Gasteiger partial charge in [0.1, 0.15) is 0 Å². The van der Waals surface area contributed by atoms with Crippen molar-refractivity contribution >= 4 is 29.1 Å². The Morgan fingerprint density at radius 2 is 2.00 bits per heavy atom. The molecule has 21 heavy (non-hydrogen) atoms. The number of hydrogen-bond acceptors (Lipinski definition) is 2.